The van der Waals surface area contributed by atoms with Crippen LogP contribution in [0.3, 0.4) is 0 Å². The monoisotopic (exact) mass is 366 g/mol. The van der Waals surface area contributed by atoms with Crippen LogP contribution in [0.4, 0.5) is 4.39 Å². The van der Waals surface area contributed by atoms with Crippen molar-refractivity contribution in [3.05, 3.63) is 0 Å². The van der Waals surface area contributed by atoms with Gasteiger partial charge in [-0.2, -0.15) is 0 Å². The molecular formula is C19H35FN6. The smallest absolute Gasteiger partial charge is 0.113 e. The first-order chi connectivity index (χ1) is 12.8. The number of hydrogen-bond donors (Lipinski definition) is 4. The summed E-state index contributed by atoms with van der Waals surface area (Å²) in [5.74, 6) is 0.465. The number of hydrogen-bond acceptors (Lipinski definition) is 6. The molecule has 5 rings (SSSR count). The van der Waals surface area contributed by atoms with E-state index in [4.69, 9.17) is 0 Å². The van der Waals surface area contributed by atoms with Gasteiger partial charge in [-0.3, -0.25) is 15.6 Å². The van der Waals surface area contributed by atoms with E-state index >= 15 is 0 Å². The van der Waals surface area contributed by atoms with Gasteiger partial charge in [-0.15, -0.1) is 0 Å². The number of halogens is 1. The van der Waals surface area contributed by atoms with Crippen LogP contribution in [-0.2, 0) is 0 Å². The van der Waals surface area contributed by atoms with Gasteiger partial charge in [0.25, 0.3) is 0 Å². The zero-order valence-electron chi connectivity index (χ0n) is 15.8. The Balaban J connectivity index is 1.39. The van der Waals surface area contributed by atoms with E-state index in [1.165, 1.54) is 38.6 Å². The summed E-state index contributed by atoms with van der Waals surface area (Å²) in [6, 6.07) is 1.52. The molecule has 0 aromatic rings. The summed E-state index contributed by atoms with van der Waals surface area (Å²) in [6.07, 6.45) is 8.19. The quantitative estimate of drug-likeness (QED) is 0.497. The lowest BCUT2D eigenvalue weighted by atomic mass is 9.80. The fourth-order valence-corrected chi connectivity index (χ4v) is 6.21. The van der Waals surface area contributed by atoms with Gasteiger partial charge in [0.1, 0.15) is 6.17 Å². The Bertz CT molecular complexity index is 493. The molecule has 5 saturated heterocycles. The lowest BCUT2D eigenvalue weighted by molar-refractivity contribution is -0.00176. The molecule has 5 aliphatic rings. The SMILES string of the molecule is FC1CNC2CCCCNC3CNN4CCC(NC34)N3CCC[C@H]3C2C1. The standard InChI is InChI=1S/C19H35FN6/c20-13-10-14-15(22-11-13)4-1-2-7-21-16-12-23-26-9-6-18(24-19(16)26)25-8-3-5-17(14)25/h13-19,21-24H,1-12H2/t13?,14?,15?,16?,17-,18?,19?/m0/s1. The average Bonchev–Trinajstić information content (AvgIpc) is 3.28. The molecule has 0 aromatic heterocycles. The molecule has 5 heterocycles. The Morgan fingerprint density at radius 1 is 0.885 bits per heavy atom. The normalized spacial score (nSPS) is 48.1. The molecule has 148 valence electrons. The lowest BCUT2D eigenvalue weighted by Gasteiger charge is -2.47. The van der Waals surface area contributed by atoms with Crippen LogP contribution >= 0.6 is 0 Å². The van der Waals surface area contributed by atoms with Gasteiger partial charge in [0.2, 0.25) is 0 Å². The molecule has 7 heteroatoms. The van der Waals surface area contributed by atoms with Gasteiger partial charge in [-0.25, -0.2) is 9.40 Å². The van der Waals surface area contributed by atoms with Crippen molar-refractivity contribution < 1.29 is 4.39 Å². The molecule has 0 saturated carbocycles. The summed E-state index contributed by atoms with van der Waals surface area (Å²) in [4.78, 5) is 2.71. The van der Waals surface area contributed by atoms with Crippen molar-refractivity contribution in [3.8, 4) is 0 Å². The molecule has 26 heavy (non-hydrogen) atoms. The van der Waals surface area contributed by atoms with Crippen LogP contribution in [-0.4, -0.2) is 79.3 Å². The Labute approximate surface area is 156 Å². The minimum absolute atomic E-state index is 0.380. The van der Waals surface area contributed by atoms with E-state index < -0.39 is 6.17 Å². The van der Waals surface area contributed by atoms with Gasteiger partial charge in [-0.1, -0.05) is 6.42 Å². The largest absolute Gasteiger partial charge is 0.311 e. The van der Waals surface area contributed by atoms with E-state index in [1.807, 2.05) is 0 Å². The van der Waals surface area contributed by atoms with E-state index in [9.17, 15) is 4.39 Å². The molecule has 6 nitrogen and oxygen atoms in total. The highest BCUT2D eigenvalue weighted by atomic mass is 19.1. The highest BCUT2D eigenvalue weighted by Gasteiger charge is 2.45. The third-order valence-corrected chi connectivity index (χ3v) is 7.47. The Kier molecular flexibility index (Phi) is 5.20. The second-order valence-electron chi connectivity index (χ2n) is 8.99. The van der Waals surface area contributed by atoms with Gasteiger partial charge in [0.15, 0.2) is 0 Å². The fraction of sp³-hybridized carbons (Fsp3) is 1.00. The van der Waals surface area contributed by atoms with Crippen molar-refractivity contribution in [1.29, 1.82) is 0 Å². The van der Waals surface area contributed by atoms with E-state index in [0.717, 1.165) is 32.5 Å². The van der Waals surface area contributed by atoms with Crippen molar-refractivity contribution in [3.63, 3.8) is 0 Å². The van der Waals surface area contributed by atoms with Gasteiger partial charge in [0.05, 0.1) is 18.4 Å². The third-order valence-electron chi connectivity index (χ3n) is 7.47. The van der Waals surface area contributed by atoms with Crippen molar-refractivity contribution in [2.75, 3.05) is 32.7 Å². The number of rotatable bonds is 0. The Hall–Kier alpha value is -0.310. The molecular weight excluding hydrogens is 331 g/mol. The highest BCUT2D eigenvalue weighted by Crippen LogP contribution is 2.36. The molecule has 5 aliphatic heterocycles. The number of nitrogens with one attached hydrogen (secondary N) is 4. The van der Waals surface area contributed by atoms with Crippen molar-refractivity contribution in [1.82, 2.24) is 31.3 Å². The van der Waals surface area contributed by atoms with Gasteiger partial charge in [0, 0.05) is 31.7 Å². The maximum Gasteiger partial charge on any atom is 0.113 e. The van der Waals surface area contributed by atoms with Gasteiger partial charge < -0.3 is 10.6 Å². The van der Waals surface area contributed by atoms with Crippen molar-refractivity contribution in [2.24, 2.45) is 5.92 Å². The second kappa shape index (κ2) is 7.60. The topological polar surface area (TPSA) is 54.6 Å². The Morgan fingerprint density at radius 3 is 2.81 bits per heavy atom. The van der Waals surface area contributed by atoms with Crippen LogP contribution in [0.2, 0.25) is 0 Å². The second-order valence-corrected chi connectivity index (χ2v) is 8.99. The van der Waals surface area contributed by atoms with E-state index in [2.05, 4.69) is 31.3 Å². The van der Waals surface area contributed by atoms with Crippen LogP contribution in [0.15, 0.2) is 0 Å². The molecule has 7 atom stereocenters. The zero-order valence-corrected chi connectivity index (χ0v) is 15.8. The van der Waals surface area contributed by atoms with Crippen LogP contribution in [0, 0.1) is 5.92 Å². The number of nitrogens with zero attached hydrogens (tertiary/aromatic N) is 2. The molecule has 0 aromatic carbocycles. The molecule has 0 spiro atoms. The summed E-state index contributed by atoms with van der Waals surface area (Å²) in [6.45, 7) is 4.92. The first-order valence-corrected chi connectivity index (χ1v) is 10.9. The minimum Gasteiger partial charge on any atom is -0.311 e. The number of piperidine rings is 1. The molecule has 4 N–H and O–H groups in total. The van der Waals surface area contributed by atoms with Gasteiger partial charge >= 0.3 is 0 Å². The predicted octanol–water partition coefficient (Wildman–Crippen LogP) is 0.375. The first kappa shape index (κ1) is 17.8. The number of fused-ring (bicyclic) bond motifs is 5. The zero-order chi connectivity index (χ0) is 17.5. The van der Waals surface area contributed by atoms with Crippen LogP contribution < -0.4 is 21.4 Å². The number of alkyl halides is 1. The molecule has 0 amide bonds. The predicted molar refractivity (Wildman–Crippen MR) is 100 cm³/mol. The summed E-state index contributed by atoms with van der Waals surface area (Å²) >= 11 is 0. The highest BCUT2D eigenvalue weighted by molar-refractivity contribution is 5.00. The van der Waals surface area contributed by atoms with E-state index in [-0.39, 0.29) is 0 Å². The number of hydrazine groups is 1. The first-order valence-electron chi connectivity index (χ1n) is 10.9. The van der Waals surface area contributed by atoms with Crippen LogP contribution in [0.25, 0.3) is 0 Å². The molecule has 2 bridgehead atoms. The maximum atomic E-state index is 14.3. The molecule has 0 aliphatic carbocycles. The maximum absolute atomic E-state index is 14.3. The summed E-state index contributed by atoms with van der Waals surface area (Å²) in [5.41, 5.74) is 3.57. The molecule has 6 unspecified atom stereocenters. The fourth-order valence-electron chi connectivity index (χ4n) is 6.21. The van der Waals surface area contributed by atoms with Gasteiger partial charge in [-0.05, 0) is 57.5 Å². The molecule has 5 fully saturated rings. The third kappa shape index (κ3) is 3.31. The van der Waals surface area contributed by atoms with Crippen LogP contribution in [0.1, 0.15) is 44.9 Å². The Morgan fingerprint density at radius 2 is 1.85 bits per heavy atom. The lowest BCUT2D eigenvalue weighted by Crippen LogP contribution is -2.66. The minimum atomic E-state index is -0.672. The summed E-state index contributed by atoms with van der Waals surface area (Å²) in [5, 5.41) is 13.7. The van der Waals surface area contributed by atoms with Crippen molar-refractivity contribution in [2.45, 2.75) is 81.6 Å². The van der Waals surface area contributed by atoms with E-state index in [1.54, 1.807) is 0 Å². The molecule has 0 radical (unpaired) electrons. The van der Waals surface area contributed by atoms with Crippen molar-refractivity contribution >= 4 is 0 Å². The average molecular weight is 367 g/mol. The van der Waals surface area contributed by atoms with Crippen LogP contribution in [0.5, 0.6) is 0 Å². The van der Waals surface area contributed by atoms with E-state index in [0.29, 0.717) is 42.9 Å². The summed E-state index contributed by atoms with van der Waals surface area (Å²) in [7, 11) is 0. The summed E-state index contributed by atoms with van der Waals surface area (Å²) < 4.78 is 14.3.